The van der Waals surface area contributed by atoms with Crippen molar-refractivity contribution >= 4 is 14.5 Å². The van der Waals surface area contributed by atoms with Gasteiger partial charge in [-0.15, -0.1) is 0 Å². The fourth-order valence-corrected chi connectivity index (χ4v) is 1.98. The van der Waals surface area contributed by atoms with E-state index in [2.05, 4.69) is 39.0 Å². The maximum atomic E-state index is 6.01. The molecule has 0 aromatic rings. The fourth-order valence-electron chi connectivity index (χ4n) is 0.949. The average molecular weight is 215 g/mol. The maximum Gasteiger partial charge on any atom is 0.192 e. The minimum atomic E-state index is -1.61. The largest absolute Gasteiger partial charge is 0.413 e. The van der Waals surface area contributed by atoms with Crippen molar-refractivity contribution in [1.29, 1.82) is 0 Å². The summed E-state index contributed by atoms with van der Waals surface area (Å²) in [5, 5.41) is 4.01. The molecule has 82 valence electrons. The summed E-state index contributed by atoms with van der Waals surface area (Å²) < 4.78 is 6.01. The van der Waals surface area contributed by atoms with Crippen molar-refractivity contribution in [3.8, 4) is 0 Å². The normalized spacial score (nSPS) is 22.5. The quantitative estimate of drug-likeness (QED) is 0.678. The Bertz CT molecular complexity index is 213. The van der Waals surface area contributed by atoms with Gasteiger partial charge in [0.05, 0.1) is 6.61 Å². The highest BCUT2D eigenvalue weighted by Crippen LogP contribution is 2.36. The predicted octanol–water partition coefficient (Wildman–Crippen LogP) is 2.78. The average Bonchev–Trinajstić information content (AvgIpc) is 2.50. The first-order chi connectivity index (χ1) is 6.33. The fraction of sp³-hybridized carbons (Fsp3) is 0.900. The first kappa shape index (κ1) is 11.7. The second-order valence-corrected chi connectivity index (χ2v) is 10.1. The van der Waals surface area contributed by atoms with Gasteiger partial charge in [-0.25, -0.2) is 0 Å². The lowest BCUT2D eigenvalue weighted by Crippen LogP contribution is -2.42. The van der Waals surface area contributed by atoms with Gasteiger partial charge in [-0.2, -0.15) is 0 Å². The Morgan fingerprint density at radius 3 is 2.57 bits per heavy atom. The monoisotopic (exact) mass is 215 g/mol. The molecule has 0 aliphatic carbocycles. The van der Waals surface area contributed by atoms with Crippen molar-refractivity contribution in [1.82, 2.24) is 0 Å². The molecule has 1 heterocycles. The maximum absolute atomic E-state index is 6.01. The summed E-state index contributed by atoms with van der Waals surface area (Å²) >= 11 is 0. The Balaban J connectivity index is 2.36. The first-order valence-corrected chi connectivity index (χ1v) is 8.05. The number of nitrogens with zero attached hydrogens (tertiary/aromatic N) is 1. The minimum Gasteiger partial charge on any atom is -0.413 e. The molecule has 0 amide bonds. The van der Waals surface area contributed by atoms with Crippen molar-refractivity contribution in [3.05, 3.63) is 0 Å². The van der Waals surface area contributed by atoms with Gasteiger partial charge in [-0.1, -0.05) is 25.9 Å². The number of oxime groups is 1. The highest BCUT2D eigenvalue weighted by molar-refractivity contribution is 6.74. The van der Waals surface area contributed by atoms with Crippen LogP contribution in [0.3, 0.4) is 0 Å². The van der Waals surface area contributed by atoms with Gasteiger partial charge in [0.15, 0.2) is 14.4 Å². The van der Waals surface area contributed by atoms with Crippen LogP contribution >= 0.6 is 0 Å². The van der Waals surface area contributed by atoms with E-state index < -0.39 is 8.32 Å². The van der Waals surface area contributed by atoms with Gasteiger partial charge < -0.3 is 9.26 Å². The summed E-state index contributed by atoms with van der Waals surface area (Å²) in [6.45, 7) is 11.9. The van der Waals surface area contributed by atoms with Crippen molar-refractivity contribution in [2.45, 2.75) is 51.4 Å². The van der Waals surface area contributed by atoms with Crippen molar-refractivity contribution in [3.63, 3.8) is 0 Å². The van der Waals surface area contributed by atoms with Gasteiger partial charge in [-0.05, 0) is 18.1 Å². The van der Waals surface area contributed by atoms with E-state index in [1.54, 1.807) is 6.21 Å². The molecule has 0 saturated carbocycles. The zero-order valence-electron chi connectivity index (χ0n) is 9.83. The molecule has 0 fully saturated rings. The van der Waals surface area contributed by atoms with E-state index in [1.807, 2.05) is 0 Å². The molecule has 1 atom stereocenters. The molecule has 0 saturated heterocycles. The van der Waals surface area contributed by atoms with E-state index in [0.29, 0.717) is 6.61 Å². The molecular weight excluding hydrogens is 194 g/mol. The second-order valence-electron chi connectivity index (χ2n) is 5.32. The lowest BCUT2D eigenvalue weighted by molar-refractivity contribution is 0.0427. The van der Waals surface area contributed by atoms with Crippen LogP contribution in [0.4, 0.5) is 0 Å². The third-order valence-electron chi connectivity index (χ3n) is 3.09. The Hall–Kier alpha value is -0.353. The number of hydrogen-bond donors (Lipinski definition) is 0. The first-order valence-electron chi connectivity index (χ1n) is 5.14. The van der Waals surface area contributed by atoms with Crippen LogP contribution in [0.5, 0.6) is 0 Å². The van der Waals surface area contributed by atoms with E-state index in [0.717, 1.165) is 6.42 Å². The Morgan fingerprint density at radius 2 is 2.14 bits per heavy atom. The van der Waals surface area contributed by atoms with Crippen LogP contribution in [0, 0.1) is 0 Å². The highest BCUT2D eigenvalue weighted by Gasteiger charge is 2.37. The standard InChI is InChI=1S/C10H21NO2Si/c1-10(2,3)14(4,5)12-8-9-6-7-11-13-9/h7,9H,6,8H2,1-5H3. The van der Waals surface area contributed by atoms with E-state index in [9.17, 15) is 0 Å². The van der Waals surface area contributed by atoms with Gasteiger partial charge in [0.25, 0.3) is 0 Å². The molecule has 0 aromatic heterocycles. The van der Waals surface area contributed by atoms with Crippen LogP contribution in [0.2, 0.25) is 18.1 Å². The summed E-state index contributed by atoms with van der Waals surface area (Å²) in [5.41, 5.74) is 0. The van der Waals surface area contributed by atoms with Crippen LogP contribution in [-0.2, 0) is 9.26 Å². The van der Waals surface area contributed by atoms with E-state index in [4.69, 9.17) is 9.26 Å². The molecule has 4 heteroatoms. The number of rotatable bonds is 3. The molecule has 1 unspecified atom stereocenters. The molecular formula is C10H21NO2Si. The summed E-state index contributed by atoms with van der Waals surface area (Å²) in [5.74, 6) is 0. The summed E-state index contributed by atoms with van der Waals surface area (Å²) in [7, 11) is -1.61. The second kappa shape index (κ2) is 4.02. The van der Waals surface area contributed by atoms with Crippen LogP contribution in [-0.4, -0.2) is 27.2 Å². The Kier molecular flexibility index (Phi) is 3.37. The smallest absolute Gasteiger partial charge is 0.192 e. The summed E-state index contributed by atoms with van der Waals surface area (Å²) in [6, 6.07) is 0. The van der Waals surface area contributed by atoms with E-state index in [-0.39, 0.29) is 11.1 Å². The Morgan fingerprint density at radius 1 is 1.50 bits per heavy atom. The molecule has 0 radical (unpaired) electrons. The van der Waals surface area contributed by atoms with Crippen LogP contribution in [0.15, 0.2) is 5.16 Å². The third kappa shape index (κ3) is 2.82. The zero-order chi connectivity index (χ0) is 10.8. The molecule has 1 aliphatic rings. The lowest BCUT2D eigenvalue weighted by Gasteiger charge is -2.36. The summed E-state index contributed by atoms with van der Waals surface area (Å²) in [4.78, 5) is 5.13. The molecule has 3 nitrogen and oxygen atoms in total. The number of hydrogen-bond acceptors (Lipinski definition) is 3. The lowest BCUT2D eigenvalue weighted by atomic mass is 10.2. The molecule has 0 N–H and O–H groups in total. The third-order valence-corrected chi connectivity index (χ3v) is 7.59. The molecule has 0 spiro atoms. The van der Waals surface area contributed by atoms with Crippen molar-refractivity contribution < 1.29 is 9.26 Å². The Labute approximate surface area is 87.6 Å². The summed E-state index contributed by atoms with van der Waals surface area (Å²) in [6.07, 6.45) is 2.83. The van der Waals surface area contributed by atoms with Crippen LogP contribution < -0.4 is 0 Å². The van der Waals surface area contributed by atoms with E-state index >= 15 is 0 Å². The SMILES string of the molecule is CC(C)(C)[Si](C)(C)OCC1CC=NO1. The van der Waals surface area contributed by atoms with Gasteiger partial charge >= 0.3 is 0 Å². The van der Waals surface area contributed by atoms with Gasteiger partial charge in [0.2, 0.25) is 0 Å². The molecule has 14 heavy (non-hydrogen) atoms. The van der Waals surface area contributed by atoms with Crippen molar-refractivity contribution in [2.24, 2.45) is 5.16 Å². The van der Waals surface area contributed by atoms with Gasteiger partial charge in [0.1, 0.15) is 0 Å². The zero-order valence-corrected chi connectivity index (χ0v) is 10.8. The molecule has 0 aromatic carbocycles. The van der Waals surface area contributed by atoms with Crippen LogP contribution in [0.1, 0.15) is 27.2 Å². The van der Waals surface area contributed by atoms with Crippen LogP contribution in [0.25, 0.3) is 0 Å². The highest BCUT2D eigenvalue weighted by atomic mass is 28.4. The van der Waals surface area contributed by atoms with E-state index in [1.165, 1.54) is 0 Å². The van der Waals surface area contributed by atoms with Gasteiger partial charge in [-0.3, -0.25) is 0 Å². The molecule has 1 rings (SSSR count). The minimum absolute atomic E-state index is 0.143. The topological polar surface area (TPSA) is 30.8 Å². The molecule has 1 aliphatic heterocycles. The predicted molar refractivity (Wildman–Crippen MR) is 61.1 cm³/mol. The molecule has 0 bridgehead atoms. The van der Waals surface area contributed by atoms with Crippen molar-refractivity contribution in [2.75, 3.05) is 6.61 Å². The van der Waals surface area contributed by atoms with Gasteiger partial charge in [0, 0.05) is 12.6 Å².